The fourth-order valence-electron chi connectivity index (χ4n) is 5.53. The van der Waals surface area contributed by atoms with Crippen molar-refractivity contribution in [1.29, 1.82) is 0 Å². The summed E-state index contributed by atoms with van der Waals surface area (Å²) in [5.74, 6) is -1.47. The number of phenolic OH excluding ortho intramolecular Hbond substituents is 2. The molecule has 3 heterocycles. The zero-order valence-corrected chi connectivity index (χ0v) is 22.6. The summed E-state index contributed by atoms with van der Waals surface area (Å²) in [4.78, 5) is 14.2. The number of phenols is 2. The van der Waals surface area contributed by atoms with E-state index < -0.39 is 108 Å². The van der Waals surface area contributed by atoms with Crippen LogP contribution >= 0.6 is 0 Å². The highest BCUT2D eigenvalue weighted by atomic mass is 16.6. The van der Waals surface area contributed by atoms with E-state index in [1.165, 1.54) is 31.4 Å². The number of methoxy groups -OCH3 is 1. The Morgan fingerprint density at radius 1 is 0.744 bits per heavy atom. The Hall–Kier alpha value is -3.35. The van der Waals surface area contributed by atoms with E-state index >= 15 is 0 Å². The van der Waals surface area contributed by atoms with Crippen molar-refractivity contribution in [2.24, 2.45) is 0 Å². The highest BCUT2D eigenvalue weighted by molar-refractivity contribution is 5.89. The number of hydrogen-bond donors (Lipinski definition) is 10. The lowest BCUT2D eigenvalue weighted by Gasteiger charge is -2.40. The molecule has 15 nitrogen and oxygen atoms in total. The van der Waals surface area contributed by atoms with Crippen LogP contribution in [0.15, 0.2) is 39.5 Å². The van der Waals surface area contributed by atoms with Crippen LogP contribution in [0.25, 0.3) is 22.3 Å². The molecule has 0 radical (unpaired) electrons. The maximum Gasteiger partial charge on any atom is 0.203 e. The molecule has 10 N–H and O–H groups in total. The summed E-state index contributed by atoms with van der Waals surface area (Å²) < 4.78 is 22.3. The van der Waals surface area contributed by atoms with Crippen LogP contribution in [-0.4, -0.2) is 120 Å². The standard InChI is InChI=1S/C28H32O15/c1-40-10-4-2-9(3-5-10)26-17(28-25(39)23(37)19(33)14(8-30)43-28)21(35)16-12(41-26)6-11(31)15(20(16)34)27-24(38)22(36)18(32)13(7-29)42-27/h2-6,13-14,18-19,22-25,27-34,36-39H,7-8H2,1H3/t13?,14?,18-,19-,22+,23?,24?,25?,27+,28+/m1/s1. The minimum atomic E-state index is -1.93. The number of benzene rings is 2. The molecule has 0 amide bonds. The number of hydrogen-bond acceptors (Lipinski definition) is 15. The van der Waals surface area contributed by atoms with Crippen LogP contribution in [0, 0.1) is 0 Å². The van der Waals surface area contributed by atoms with E-state index in [9.17, 15) is 55.9 Å². The Kier molecular flexibility index (Phi) is 8.65. The molecule has 5 rings (SSSR count). The molecule has 2 aliphatic heterocycles. The van der Waals surface area contributed by atoms with E-state index in [2.05, 4.69) is 0 Å². The maximum atomic E-state index is 14.2. The lowest BCUT2D eigenvalue weighted by molar-refractivity contribution is -0.232. The van der Waals surface area contributed by atoms with Crippen LogP contribution < -0.4 is 10.2 Å². The fourth-order valence-corrected chi connectivity index (χ4v) is 5.53. The second-order valence-corrected chi connectivity index (χ2v) is 10.4. The number of rotatable bonds is 6. The summed E-state index contributed by atoms with van der Waals surface area (Å²) in [7, 11) is 1.43. The van der Waals surface area contributed by atoms with Gasteiger partial charge in [-0.2, -0.15) is 0 Å². The molecule has 2 aliphatic rings. The van der Waals surface area contributed by atoms with Gasteiger partial charge in [-0.15, -0.1) is 0 Å². The second kappa shape index (κ2) is 12.0. The molecule has 2 fully saturated rings. The van der Waals surface area contributed by atoms with Crippen LogP contribution in [-0.2, 0) is 9.47 Å². The van der Waals surface area contributed by atoms with Crippen LogP contribution in [0.3, 0.4) is 0 Å². The Morgan fingerprint density at radius 3 is 1.74 bits per heavy atom. The third kappa shape index (κ3) is 5.12. The van der Waals surface area contributed by atoms with Gasteiger partial charge in [0.05, 0.1) is 31.5 Å². The SMILES string of the molecule is COc1ccc(-c2oc3cc(O)c([C@@H]4OC(CO)[C@@H](O)[C@H](O)C4O)c(O)c3c(=O)c2[C@@H]2OC(CO)[C@@H](O)C(O)C2O)cc1. The fraction of sp³-hybridized carbons (Fsp3) is 0.464. The molecule has 0 saturated carbocycles. The van der Waals surface area contributed by atoms with Crippen molar-refractivity contribution in [2.45, 2.75) is 61.0 Å². The van der Waals surface area contributed by atoms with Crippen molar-refractivity contribution in [3.8, 4) is 28.6 Å². The van der Waals surface area contributed by atoms with E-state index in [0.717, 1.165) is 6.07 Å². The minimum absolute atomic E-state index is 0.219. The number of ether oxygens (including phenoxy) is 3. The van der Waals surface area contributed by atoms with Crippen LogP contribution in [0.2, 0.25) is 0 Å². The Morgan fingerprint density at radius 2 is 1.26 bits per heavy atom. The van der Waals surface area contributed by atoms with Gasteiger partial charge in [0.15, 0.2) is 0 Å². The third-order valence-electron chi connectivity index (χ3n) is 7.92. The summed E-state index contributed by atoms with van der Waals surface area (Å²) in [6.45, 7) is -1.59. The van der Waals surface area contributed by atoms with Crippen LogP contribution in [0.1, 0.15) is 23.3 Å². The zero-order valence-electron chi connectivity index (χ0n) is 22.6. The van der Waals surface area contributed by atoms with Crippen molar-refractivity contribution >= 4 is 11.0 Å². The molecule has 3 aromatic rings. The Balaban J connectivity index is 1.77. The largest absolute Gasteiger partial charge is 0.507 e. The molecule has 0 aliphatic carbocycles. The first kappa shape index (κ1) is 31.1. The highest BCUT2D eigenvalue weighted by Crippen LogP contribution is 2.46. The summed E-state index contributed by atoms with van der Waals surface area (Å²) in [6, 6.07) is 7.01. The summed E-state index contributed by atoms with van der Waals surface area (Å²) in [6.07, 6.45) is -17.3. The second-order valence-electron chi connectivity index (χ2n) is 10.4. The van der Waals surface area contributed by atoms with E-state index in [-0.39, 0.29) is 16.9 Å². The van der Waals surface area contributed by atoms with Crippen molar-refractivity contribution in [3.05, 3.63) is 51.7 Å². The zero-order chi connectivity index (χ0) is 31.3. The monoisotopic (exact) mass is 608 g/mol. The smallest absolute Gasteiger partial charge is 0.203 e. The number of aromatic hydroxyl groups is 2. The predicted molar refractivity (Wildman–Crippen MR) is 143 cm³/mol. The lowest BCUT2D eigenvalue weighted by Crippen LogP contribution is -2.56. The van der Waals surface area contributed by atoms with Crippen LogP contribution in [0.4, 0.5) is 0 Å². The summed E-state index contributed by atoms with van der Waals surface area (Å²) in [5, 5.41) is 104. The van der Waals surface area contributed by atoms with E-state index in [4.69, 9.17) is 18.6 Å². The first-order valence-corrected chi connectivity index (χ1v) is 13.3. The molecular weight excluding hydrogens is 576 g/mol. The quantitative estimate of drug-likeness (QED) is 0.144. The number of aliphatic hydroxyl groups excluding tert-OH is 8. The van der Waals surface area contributed by atoms with Gasteiger partial charge >= 0.3 is 0 Å². The van der Waals surface area contributed by atoms with Crippen molar-refractivity contribution in [1.82, 2.24) is 0 Å². The van der Waals surface area contributed by atoms with Crippen molar-refractivity contribution in [3.63, 3.8) is 0 Å². The molecule has 234 valence electrons. The number of fused-ring (bicyclic) bond motifs is 1. The first-order valence-electron chi connectivity index (χ1n) is 13.3. The molecular formula is C28H32O15. The van der Waals surface area contributed by atoms with Gasteiger partial charge in [0.2, 0.25) is 5.43 Å². The molecule has 2 aromatic carbocycles. The predicted octanol–water partition coefficient (Wildman–Crippen LogP) is -2.09. The van der Waals surface area contributed by atoms with Gasteiger partial charge in [0.1, 0.15) is 95.0 Å². The van der Waals surface area contributed by atoms with Gasteiger partial charge in [-0.05, 0) is 24.3 Å². The molecule has 1 aromatic heterocycles. The topological polar surface area (TPSA) is 260 Å². The van der Waals surface area contributed by atoms with Crippen LogP contribution in [0.5, 0.6) is 17.2 Å². The molecule has 2 saturated heterocycles. The van der Waals surface area contributed by atoms with Gasteiger partial charge < -0.3 is 69.7 Å². The molecule has 43 heavy (non-hydrogen) atoms. The van der Waals surface area contributed by atoms with E-state index in [1.807, 2.05) is 0 Å². The van der Waals surface area contributed by atoms with Gasteiger partial charge in [0, 0.05) is 11.6 Å². The maximum absolute atomic E-state index is 14.2. The minimum Gasteiger partial charge on any atom is -0.507 e. The first-order chi connectivity index (χ1) is 20.4. The van der Waals surface area contributed by atoms with Crippen molar-refractivity contribution < 1.29 is 69.7 Å². The van der Waals surface area contributed by atoms with Crippen molar-refractivity contribution in [2.75, 3.05) is 20.3 Å². The molecule has 15 heteroatoms. The van der Waals surface area contributed by atoms with Gasteiger partial charge in [-0.1, -0.05) is 0 Å². The summed E-state index contributed by atoms with van der Waals surface area (Å²) >= 11 is 0. The molecule has 10 atom stereocenters. The molecule has 0 spiro atoms. The third-order valence-corrected chi connectivity index (χ3v) is 7.92. The lowest BCUT2D eigenvalue weighted by atomic mass is 9.87. The van der Waals surface area contributed by atoms with E-state index in [0.29, 0.717) is 5.75 Å². The van der Waals surface area contributed by atoms with Gasteiger partial charge in [-0.25, -0.2) is 0 Å². The number of aliphatic hydroxyl groups is 8. The average Bonchev–Trinajstić information content (AvgIpc) is 3.00. The Labute approximate surface area is 242 Å². The van der Waals surface area contributed by atoms with Gasteiger partial charge in [-0.3, -0.25) is 4.79 Å². The molecule has 0 bridgehead atoms. The Bertz CT molecular complexity index is 1520. The van der Waals surface area contributed by atoms with Gasteiger partial charge in [0.25, 0.3) is 0 Å². The summed E-state index contributed by atoms with van der Waals surface area (Å²) in [5.41, 5.74) is -2.17. The van der Waals surface area contributed by atoms with E-state index in [1.54, 1.807) is 0 Å². The normalized spacial score (nSPS) is 33.0. The highest BCUT2D eigenvalue weighted by Gasteiger charge is 2.48. The average molecular weight is 609 g/mol. The molecule has 5 unspecified atom stereocenters.